The fourth-order valence-corrected chi connectivity index (χ4v) is 3.42. The van der Waals surface area contributed by atoms with E-state index in [4.69, 9.17) is 9.47 Å². The largest absolute Gasteiger partial charge is 0.504 e. The molecule has 2 N–H and O–H groups in total. The van der Waals surface area contributed by atoms with Crippen LogP contribution in [0.5, 0.6) is 23.0 Å². The summed E-state index contributed by atoms with van der Waals surface area (Å²) >= 11 is 0. The van der Waals surface area contributed by atoms with Gasteiger partial charge in [-0.2, -0.15) is 4.57 Å². The molecule has 5 heteroatoms. The number of pyridine rings is 1. The van der Waals surface area contributed by atoms with Crippen molar-refractivity contribution >= 4 is 10.8 Å². The topological polar surface area (TPSA) is 62.8 Å². The van der Waals surface area contributed by atoms with E-state index in [0.29, 0.717) is 5.39 Å². The van der Waals surface area contributed by atoms with Crippen LogP contribution < -0.4 is 14.0 Å². The van der Waals surface area contributed by atoms with Gasteiger partial charge in [-0.3, -0.25) is 0 Å². The molecule has 0 atom stereocenters. The first-order valence-corrected chi connectivity index (χ1v) is 7.52. The number of aromatic hydroxyl groups is 2. The van der Waals surface area contributed by atoms with Gasteiger partial charge in [0.1, 0.15) is 0 Å². The van der Waals surface area contributed by atoms with Crippen molar-refractivity contribution in [2.75, 3.05) is 6.79 Å². The summed E-state index contributed by atoms with van der Waals surface area (Å²) in [6.45, 7) is 1.08. The number of benzene rings is 2. The SMILES string of the molecule is Oc1ccc2cc3[n+](cc2c1O)CCc1cc2c(cc1-3)OCO2. The van der Waals surface area contributed by atoms with Crippen LogP contribution in [0.1, 0.15) is 5.56 Å². The Morgan fingerprint density at radius 1 is 1.00 bits per heavy atom. The quantitative estimate of drug-likeness (QED) is 0.495. The minimum Gasteiger partial charge on any atom is -0.504 e. The first-order chi connectivity index (χ1) is 11.2. The molecule has 0 amide bonds. The molecule has 5 nitrogen and oxygen atoms in total. The summed E-state index contributed by atoms with van der Waals surface area (Å²) in [5, 5.41) is 21.3. The van der Waals surface area contributed by atoms with Crippen LogP contribution >= 0.6 is 0 Å². The highest BCUT2D eigenvalue weighted by molar-refractivity contribution is 5.91. The first-order valence-electron chi connectivity index (χ1n) is 7.52. The van der Waals surface area contributed by atoms with Gasteiger partial charge in [0.15, 0.2) is 35.7 Å². The summed E-state index contributed by atoms with van der Waals surface area (Å²) in [5.41, 5.74) is 3.42. The van der Waals surface area contributed by atoms with Crippen molar-refractivity contribution in [2.24, 2.45) is 0 Å². The third kappa shape index (κ3) is 1.70. The zero-order chi connectivity index (χ0) is 15.6. The second-order valence-corrected chi connectivity index (χ2v) is 5.90. The second-order valence-electron chi connectivity index (χ2n) is 5.90. The summed E-state index contributed by atoms with van der Waals surface area (Å²) in [6, 6.07) is 9.44. The van der Waals surface area contributed by atoms with Crippen molar-refractivity contribution < 1.29 is 24.3 Å². The van der Waals surface area contributed by atoms with Crippen molar-refractivity contribution in [1.29, 1.82) is 0 Å². The Hall–Kier alpha value is -2.95. The standard InChI is InChI=1S/C18H13NO4/c20-15-2-1-10-5-14-12-7-17-16(22-9-23-17)6-11(12)3-4-19(14)8-13(10)18(15)21/h1-2,5-8,20H,3-4,9H2/p+1. The Bertz CT molecular complexity index is 981. The number of phenolic OH excluding ortho intramolecular Hbond substituents is 2. The van der Waals surface area contributed by atoms with Gasteiger partial charge in [-0.05, 0) is 35.2 Å². The van der Waals surface area contributed by atoms with E-state index in [-0.39, 0.29) is 18.3 Å². The molecule has 3 heterocycles. The lowest BCUT2D eigenvalue weighted by molar-refractivity contribution is -0.686. The van der Waals surface area contributed by atoms with E-state index in [2.05, 4.69) is 10.6 Å². The van der Waals surface area contributed by atoms with Gasteiger partial charge in [-0.1, -0.05) is 0 Å². The molecule has 23 heavy (non-hydrogen) atoms. The van der Waals surface area contributed by atoms with Gasteiger partial charge in [0.05, 0.1) is 10.9 Å². The van der Waals surface area contributed by atoms with Crippen LogP contribution in [0.3, 0.4) is 0 Å². The molecule has 0 saturated heterocycles. The van der Waals surface area contributed by atoms with E-state index in [1.807, 2.05) is 24.4 Å². The molecule has 0 unspecified atom stereocenters. The maximum absolute atomic E-state index is 10.1. The van der Waals surface area contributed by atoms with Crippen LogP contribution in [-0.4, -0.2) is 17.0 Å². The van der Waals surface area contributed by atoms with E-state index in [0.717, 1.165) is 41.1 Å². The molecule has 0 radical (unpaired) electrons. The lowest BCUT2D eigenvalue weighted by Crippen LogP contribution is -2.39. The molecule has 1 aromatic heterocycles. The predicted octanol–water partition coefficient (Wildman–Crippen LogP) is 2.49. The van der Waals surface area contributed by atoms with Gasteiger partial charge in [0.2, 0.25) is 12.5 Å². The third-order valence-electron chi connectivity index (χ3n) is 4.61. The molecular weight excluding hydrogens is 294 g/mol. The Morgan fingerprint density at radius 3 is 2.70 bits per heavy atom. The van der Waals surface area contributed by atoms with Gasteiger partial charge >= 0.3 is 0 Å². The Balaban J connectivity index is 1.79. The average Bonchev–Trinajstić information content (AvgIpc) is 3.02. The van der Waals surface area contributed by atoms with Gasteiger partial charge in [-0.15, -0.1) is 0 Å². The summed E-state index contributed by atoms with van der Waals surface area (Å²) in [5.74, 6) is 1.40. The molecule has 0 saturated carbocycles. The van der Waals surface area contributed by atoms with E-state index in [1.54, 1.807) is 0 Å². The fourth-order valence-electron chi connectivity index (χ4n) is 3.42. The highest BCUT2D eigenvalue weighted by Gasteiger charge is 2.28. The van der Waals surface area contributed by atoms with Crippen LogP contribution in [0, 0.1) is 0 Å². The normalized spacial score (nSPS) is 14.6. The molecule has 5 rings (SSSR count). The number of hydrogen-bond donors (Lipinski definition) is 2. The van der Waals surface area contributed by atoms with Gasteiger partial charge in [-0.25, -0.2) is 0 Å². The summed E-state index contributed by atoms with van der Waals surface area (Å²) < 4.78 is 13.1. The number of aromatic nitrogens is 1. The number of fused-ring (bicyclic) bond motifs is 5. The Morgan fingerprint density at radius 2 is 1.83 bits per heavy atom. The lowest BCUT2D eigenvalue weighted by Gasteiger charge is -2.16. The van der Waals surface area contributed by atoms with Crippen LogP contribution in [0.4, 0.5) is 0 Å². The van der Waals surface area contributed by atoms with Crippen LogP contribution in [0.2, 0.25) is 0 Å². The van der Waals surface area contributed by atoms with Crippen LogP contribution in [0.25, 0.3) is 22.0 Å². The van der Waals surface area contributed by atoms with E-state index >= 15 is 0 Å². The molecule has 0 bridgehead atoms. The number of phenols is 2. The van der Waals surface area contributed by atoms with Crippen LogP contribution in [-0.2, 0) is 13.0 Å². The summed E-state index contributed by atoms with van der Waals surface area (Å²) in [6.07, 6.45) is 2.78. The molecule has 0 fully saturated rings. The van der Waals surface area contributed by atoms with Crippen LogP contribution in [0.15, 0.2) is 36.5 Å². The monoisotopic (exact) mass is 308 g/mol. The number of rotatable bonds is 0. The zero-order valence-corrected chi connectivity index (χ0v) is 12.2. The van der Waals surface area contributed by atoms with Crippen molar-refractivity contribution in [2.45, 2.75) is 13.0 Å². The van der Waals surface area contributed by atoms with E-state index < -0.39 is 0 Å². The molecule has 2 aromatic carbocycles. The van der Waals surface area contributed by atoms with Crippen molar-refractivity contribution in [3.8, 4) is 34.3 Å². The molecule has 114 valence electrons. The van der Waals surface area contributed by atoms with Crippen molar-refractivity contribution in [1.82, 2.24) is 0 Å². The fraction of sp³-hybridized carbons (Fsp3) is 0.167. The summed E-state index contributed by atoms with van der Waals surface area (Å²) in [4.78, 5) is 0. The molecule has 2 aliphatic heterocycles. The maximum atomic E-state index is 10.1. The van der Waals surface area contributed by atoms with Crippen molar-refractivity contribution in [3.63, 3.8) is 0 Å². The molecule has 3 aromatic rings. The van der Waals surface area contributed by atoms with E-state index in [1.165, 1.54) is 11.6 Å². The molecule has 2 aliphatic rings. The Labute approximate surface area is 131 Å². The number of hydrogen-bond acceptors (Lipinski definition) is 4. The number of ether oxygens (including phenoxy) is 2. The smallest absolute Gasteiger partial charge is 0.231 e. The highest BCUT2D eigenvalue weighted by atomic mass is 16.7. The predicted molar refractivity (Wildman–Crippen MR) is 82.7 cm³/mol. The van der Waals surface area contributed by atoms with E-state index in [9.17, 15) is 10.2 Å². The summed E-state index contributed by atoms with van der Waals surface area (Å²) in [7, 11) is 0. The highest BCUT2D eigenvalue weighted by Crippen LogP contribution is 2.41. The van der Waals surface area contributed by atoms with Gasteiger partial charge < -0.3 is 19.7 Å². The molecule has 0 spiro atoms. The van der Waals surface area contributed by atoms with Crippen molar-refractivity contribution in [3.05, 3.63) is 42.1 Å². The zero-order valence-electron chi connectivity index (χ0n) is 12.2. The van der Waals surface area contributed by atoms with Gasteiger partial charge in [0, 0.05) is 12.5 Å². The average molecular weight is 308 g/mol. The minimum atomic E-state index is -0.0994. The number of aryl methyl sites for hydroxylation is 2. The lowest BCUT2D eigenvalue weighted by atomic mass is 9.95. The molecular formula is C18H14NO4+. The minimum absolute atomic E-state index is 0.0747. The molecule has 0 aliphatic carbocycles. The second kappa shape index (κ2) is 4.29. The Kier molecular flexibility index (Phi) is 2.34. The maximum Gasteiger partial charge on any atom is 0.231 e. The third-order valence-corrected chi connectivity index (χ3v) is 4.61. The number of nitrogens with zero attached hydrogens (tertiary/aromatic N) is 1. The van der Waals surface area contributed by atoms with Gasteiger partial charge in [0.25, 0.3) is 0 Å². The first kappa shape index (κ1) is 12.6.